The van der Waals surface area contributed by atoms with Gasteiger partial charge in [0.25, 0.3) is 5.91 Å². The number of hydrogen-bond donors (Lipinski definition) is 2. The lowest BCUT2D eigenvalue weighted by atomic mass is 9.57. The van der Waals surface area contributed by atoms with Crippen molar-refractivity contribution in [1.29, 1.82) is 0 Å². The number of amides is 2. The molecular weight excluding hydrogens is 709 g/mol. The van der Waals surface area contributed by atoms with Crippen LogP contribution in [0.3, 0.4) is 0 Å². The van der Waals surface area contributed by atoms with Gasteiger partial charge in [-0.25, -0.2) is 17.2 Å². The SMILES string of the molecule is C=CC(=O)N[C@H]1CCC[C@@H]1[C@](CN1CCC1)(c1cccc(F)c1)C1CCN(CC2(F)CN(c3ccc(S(=O)(=O)c4ccc(C(=O)NC)cc4)cc3)C2)CC1. The number of likely N-dealkylation sites (tertiary alicyclic amines) is 2. The number of nitrogens with one attached hydrogen (secondary N) is 2. The van der Waals surface area contributed by atoms with Gasteiger partial charge in [0, 0.05) is 42.8 Å². The topological polar surface area (TPSA) is 102 Å². The van der Waals surface area contributed by atoms with Crippen molar-refractivity contribution in [3.63, 3.8) is 0 Å². The summed E-state index contributed by atoms with van der Waals surface area (Å²) in [7, 11) is -2.28. The van der Waals surface area contributed by atoms with Gasteiger partial charge in [0.2, 0.25) is 15.7 Å². The number of anilines is 1. The highest BCUT2D eigenvalue weighted by molar-refractivity contribution is 7.91. The zero-order chi connectivity index (χ0) is 38.1. The van der Waals surface area contributed by atoms with Crippen LogP contribution >= 0.6 is 0 Å². The van der Waals surface area contributed by atoms with E-state index in [9.17, 15) is 22.4 Å². The smallest absolute Gasteiger partial charge is 0.251 e. The molecule has 3 saturated heterocycles. The first-order valence-corrected chi connectivity index (χ1v) is 20.7. The van der Waals surface area contributed by atoms with Gasteiger partial charge in [0.1, 0.15) is 5.82 Å². The Morgan fingerprint density at radius 1 is 0.907 bits per heavy atom. The number of halogens is 2. The van der Waals surface area contributed by atoms with Crippen LogP contribution in [-0.4, -0.2) is 101 Å². The second kappa shape index (κ2) is 15.5. The summed E-state index contributed by atoms with van der Waals surface area (Å²) in [5.74, 6) is -0.338. The molecule has 1 saturated carbocycles. The predicted molar refractivity (Wildman–Crippen MR) is 206 cm³/mol. The zero-order valence-corrected chi connectivity index (χ0v) is 31.8. The molecule has 2 amide bonds. The van der Waals surface area contributed by atoms with Crippen molar-refractivity contribution in [2.45, 2.75) is 65.4 Å². The summed E-state index contributed by atoms with van der Waals surface area (Å²) in [6.45, 7) is 8.75. The molecule has 2 N–H and O–H groups in total. The van der Waals surface area contributed by atoms with E-state index >= 15 is 4.39 Å². The van der Waals surface area contributed by atoms with Crippen LogP contribution in [0, 0.1) is 17.7 Å². The summed E-state index contributed by atoms with van der Waals surface area (Å²) >= 11 is 0. The molecule has 3 aromatic rings. The molecule has 7 rings (SSSR count). The third kappa shape index (κ3) is 7.57. The average Bonchev–Trinajstić information content (AvgIpc) is 3.62. The number of carbonyl (C=O) groups excluding carboxylic acids is 2. The Hall–Kier alpha value is -4.13. The number of alkyl halides is 1. The van der Waals surface area contributed by atoms with E-state index in [1.54, 1.807) is 30.3 Å². The van der Waals surface area contributed by atoms with Gasteiger partial charge in [0.05, 0.1) is 22.9 Å². The van der Waals surface area contributed by atoms with Gasteiger partial charge in [-0.15, -0.1) is 0 Å². The van der Waals surface area contributed by atoms with E-state index in [1.165, 1.54) is 43.5 Å². The molecule has 3 atom stereocenters. The Morgan fingerprint density at radius 2 is 1.57 bits per heavy atom. The number of piperidine rings is 1. The summed E-state index contributed by atoms with van der Waals surface area (Å²) in [4.78, 5) is 31.3. The molecule has 3 aromatic carbocycles. The first-order chi connectivity index (χ1) is 25.9. The Labute approximate surface area is 317 Å². The second-order valence-electron chi connectivity index (χ2n) is 15.7. The second-order valence-corrected chi connectivity index (χ2v) is 17.6. The normalized spacial score (nSPS) is 23.1. The minimum absolute atomic E-state index is 0.0240. The van der Waals surface area contributed by atoms with E-state index in [0.29, 0.717) is 12.1 Å². The lowest BCUT2D eigenvalue weighted by Gasteiger charge is -2.54. The number of benzene rings is 3. The van der Waals surface area contributed by atoms with E-state index in [4.69, 9.17) is 0 Å². The van der Waals surface area contributed by atoms with Crippen LogP contribution in [0.2, 0.25) is 0 Å². The van der Waals surface area contributed by atoms with Gasteiger partial charge < -0.3 is 20.4 Å². The van der Waals surface area contributed by atoms with Crippen LogP contribution in [0.1, 0.15) is 54.4 Å². The van der Waals surface area contributed by atoms with Gasteiger partial charge in [-0.05, 0) is 142 Å². The maximum absolute atomic E-state index is 16.2. The molecule has 12 heteroatoms. The molecule has 0 spiro atoms. The van der Waals surface area contributed by atoms with E-state index in [2.05, 4.69) is 33.1 Å². The summed E-state index contributed by atoms with van der Waals surface area (Å²) in [5, 5.41) is 5.76. The number of hydrogen-bond acceptors (Lipinski definition) is 7. The van der Waals surface area contributed by atoms with Crippen molar-refractivity contribution in [2.75, 3.05) is 64.3 Å². The lowest BCUT2D eigenvalue weighted by Crippen LogP contribution is -2.65. The van der Waals surface area contributed by atoms with E-state index in [-0.39, 0.29) is 63.8 Å². The highest BCUT2D eigenvalue weighted by atomic mass is 32.2. The van der Waals surface area contributed by atoms with Crippen molar-refractivity contribution < 1.29 is 26.8 Å². The molecule has 3 heterocycles. The van der Waals surface area contributed by atoms with Crippen LogP contribution in [0.25, 0.3) is 0 Å². The fourth-order valence-electron chi connectivity index (χ4n) is 9.60. The quantitative estimate of drug-likeness (QED) is 0.226. The van der Waals surface area contributed by atoms with Crippen molar-refractivity contribution in [2.24, 2.45) is 11.8 Å². The number of nitrogens with zero attached hydrogens (tertiary/aromatic N) is 3. The van der Waals surface area contributed by atoms with Crippen molar-refractivity contribution in [3.05, 3.63) is 102 Å². The molecule has 0 unspecified atom stereocenters. The number of carbonyl (C=O) groups is 2. The molecule has 0 aromatic heterocycles. The largest absolute Gasteiger partial charge is 0.365 e. The lowest BCUT2D eigenvalue weighted by molar-refractivity contribution is -0.117. The van der Waals surface area contributed by atoms with Crippen LogP contribution < -0.4 is 15.5 Å². The Kier molecular flexibility index (Phi) is 11.0. The minimum Gasteiger partial charge on any atom is -0.365 e. The Morgan fingerprint density at radius 3 is 2.17 bits per heavy atom. The van der Waals surface area contributed by atoms with E-state index in [1.807, 2.05) is 11.0 Å². The molecule has 3 aliphatic heterocycles. The molecular formula is C42H51F2N5O4S. The van der Waals surface area contributed by atoms with Crippen molar-refractivity contribution in [3.8, 4) is 0 Å². The summed E-state index contributed by atoms with van der Waals surface area (Å²) in [6, 6.07) is 19.4. The van der Waals surface area contributed by atoms with Gasteiger partial charge in [0.15, 0.2) is 5.67 Å². The fourth-order valence-corrected chi connectivity index (χ4v) is 10.9. The molecule has 288 valence electrons. The average molecular weight is 760 g/mol. The van der Waals surface area contributed by atoms with Gasteiger partial charge in [-0.3, -0.25) is 14.5 Å². The molecule has 4 fully saturated rings. The van der Waals surface area contributed by atoms with Crippen LogP contribution in [0.15, 0.2) is 95.2 Å². The third-order valence-corrected chi connectivity index (χ3v) is 14.2. The van der Waals surface area contributed by atoms with Gasteiger partial charge >= 0.3 is 0 Å². The van der Waals surface area contributed by atoms with Gasteiger partial charge in [-0.1, -0.05) is 25.1 Å². The van der Waals surface area contributed by atoms with Crippen molar-refractivity contribution in [1.82, 2.24) is 20.4 Å². The highest BCUT2D eigenvalue weighted by Crippen LogP contribution is 2.51. The van der Waals surface area contributed by atoms with Crippen LogP contribution in [-0.2, 0) is 20.0 Å². The highest BCUT2D eigenvalue weighted by Gasteiger charge is 2.53. The maximum Gasteiger partial charge on any atom is 0.251 e. The standard InChI is InChI=1S/C42H51F2N5O4S/c1-3-39(50)46-38-10-5-9-37(38)42(29-47-21-6-22-47,32-7-4-8-33(43)25-32)31-19-23-48(24-20-31)26-41(44)27-49(28-41)34-13-17-36(18-14-34)54(52,53)35-15-11-30(12-16-35)40(51)45-2/h3-4,7-8,11-18,25,31,37-38H,1,5-6,9-10,19-24,26-29H2,2H3,(H,45,51)(H,46,50)/t37-,38-,42-/m0/s1. The van der Waals surface area contributed by atoms with E-state index < -0.39 is 15.5 Å². The van der Waals surface area contributed by atoms with Crippen molar-refractivity contribution >= 4 is 27.3 Å². The molecule has 1 aliphatic carbocycles. The molecule has 4 aliphatic rings. The Bertz CT molecular complexity index is 1940. The van der Waals surface area contributed by atoms with E-state index in [0.717, 1.165) is 82.5 Å². The van der Waals surface area contributed by atoms with Crippen LogP contribution in [0.4, 0.5) is 14.5 Å². The maximum atomic E-state index is 16.2. The Balaban J connectivity index is 1.01. The third-order valence-electron chi connectivity index (χ3n) is 12.4. The summed E-state index contributed by atoms with van der Waals surface area (Å²) < 4.78 is 57.7. The zero-order valence-electron chi connectivity index (χ0n) is 31.0. The van der Waals surface area contributed by atoms with Gasteiger partial charge in [-0.2, -0.15) is 0 Å². The molecule has 54 heavy (non-hydrogen) atoms. The number of rotatable bonds is 13. The molecule has 9 nitrogen and oxygen atoms in total. The minimum atomic E-state index is -3.79. The summed E-state index contributed by atoms with van der Waals surface area (Å²) in [6.07, 6.45) is 7.02. The number of sulfone groups is 1. The summed E-state index contributed by atoms with van der Waals surface area (Å²) in [5.41, 5.74) is 0.381. The van der Waals surface area contributed by atoms with Crippen LogP contribution in [0.5, 0.6) is 0 Å². The first kappa shape index (κ1) is 38.2. The molecule has 0 radical (unpaired) electrons. The molecule has 0 bridgehead atoms. The fraction of sp³-hybridized carbons (Fsp3) is 0.476. The predicted octanol–water partition coefficient (Wildman–Crippen LogP) is 5.37. The monoisotopic (exact) mass is 759 g/mol. The first-order valence-electron chi connectivity index (χ1n) is 19.2.